The Bertz CT molecular complexity index is 632. The minimum atomic E-state index is 0.226. The number of hydrogen-bond donors (Lipinski definition) is 2. The Kier molecular flexibility index (Phi) is 6.34. The van der Waals surface area contributed by atoms with E-state index in [2.05, 4.69) is 39.9 Å². The van der Waals surface area contributed by atoms with Gasteiger partial charge in [-0.25, -0.2) is 0 Å². The van der Waals surface area contributed by atoms with Crippen LogP contribution in [0.15, 0.2) is 0 Å². The normalized spacial score (nSPS) is 46.7. The van der Waals surface area contributed by atoms with E-state index in [0.717, 1.165) is 36.5 Å². The van der Waals surface area contributed by atoms with Gasteiger partial charge in [0.05, 0.1) is 0 Å². The number of carbonyl (C=O) groups excluding carboxylic acids is 1. The van der Waals surface area contributed by atoms with Crippen LogP contribution in [0.1, 0.15) is 98.8 Å². The Labute approximate surface area is 185 Å². The average Bonchev–Trinajstić information content (AvgIpc) is 3.05. The third kappa shape index (κ3) is 3.65. The van der Waals surface area contributed by atoms with Gasteiger partial charge in [0.1, 0.15) is 0 Å². The summed E-state index contributed by atoms with van der Waals surface area (Å²) in [5.41, 5.74) is 0.680. The maximum atomic E-state index is 12.1. The van der Waals surface area contributed by atoms with Crippen molar-refractivity contribution < 1.29 is 9.90 Å². The van der Waals surface area contributed by atoms with Gasteiger partial charge in [0.25, 0.3) is 0 Å². The number of rotatable bonds is 6. The van der Waals surface area contributed by atoms with E-state index in [1.165, 1.54) is 44.9 Å². The van der Waals surface area contributed by atoms with Crippen molar-refractivity contribution in [2.24, 2.45) is 52.3 Å². The van der Waals surface area contributed by atoms with Crippen molar-refractivity contribution in [1.29, 1.82) is 0 Å². The number of aliphatic hydroxyl groups excluding tert-OH is 1. The fourth-order valence-electron chi connectivity index (χ4n) is 9.06. The van der Waals surface area contributed by atoms with Crippen molar-refractivity contribution in [2.75, 3.05) is 6.61 Å². The molecule has 0 radical (unpaired) electrons. The smallest absolute Gasteiger partial charge is 0.220 e. The lowest BCUT2D eigenvalue weighted by Gasteiger charge is -2.62. The van der Waals surface area contributed by atoms with Gasteiger partial charge in [0.15, 0.2) is 0 Å². The first-order valence-electron chi connectivity index (χ1n) is 13.1. The van der Waals surface area contributed by atoms with Crippen molar-refractivity contribution in [3.8, 4) is 0 Å². The molecule has 3 heteroatoms. The lowest BCUT2D eigenvalue weighted by molar-refractivity contribution is -0.149. The highest BCUT2D eigenvalue weighted by Gasteiger charge is 2.62. The molecule has 9 atom stereocenters. The van der Waals surface area contributed by atoms with Crippen LogP contribution in [0.3, 0.4) is 0 Å². The third-order valence-corrected chi connectivity index (χ3v) is 10.7. The highest BCUT2D eigenvalue weighted by Crippen LogP contribution is 2.67. The Hall–Kier alpha value is -0.570. The van der Waals surface area contributed by atoms with Crippen LogP contribution < -0.4 is 5.32 Å². The molecular formula is C27H47NO2. The molecular weight excluding hydrogens is 370 g/mol. The molecule has 1 aliphatic heterocycles. The number of amides is 1. The predicted molar refractivity (Wildman–Crippen MR) is 123 cm³/mol. The number of hydrogen-bond acceptors (Lipinski definition) is 2. The summed E-state index contributed by atoms with van der Waals surface area (Å²) < 4.78 is 0. The Morgan fingerprint density at radius 2 is 1.77 bits per heavy atom. The molecule has 172 valence electrons. The fraction of sp³-hybridized carbons (Fsp3) is 0.963. The molecule has 1 amide bonds. The van der Waals surface area contributed by atoms with Crippen molar-refractivity contribution in [3.05, 3.63) is 0 Å². The van der Waals surface area contributed by atoms with Crippen LogP contribution in [0.5, 0.6) is 0 Å². The second-order valence-corrected chi connectivity index (χ2v) is 12.6. The SMILES string of the molecule is CC(C)CCC[C@@H](C)[C@H]1CC[C@H]2[C@@H]3C(CO)C[C@H]4NC(=O)CC[C@]4(C)[C@H]3CC[C@]12C. The molecule has 0 aromatic carbocycles. The van der Waals surface area contributed by atoms with E-state index in [9.17, 15) is 9.90 Å². The van der Waals surface area contributed by atoms with Gasteiger partial charge in [-0.2, -0.15) is 0 Å². The zero-order valence-electron chi connectivity index (χ0n) is 20.3. The molecule has 0 spiro atoms. The number of carbonyl (C=O) groups is 1. The van der Waals surface area contributed by atoms with Crippen molar-refractivity contribution in [3.63, 3.8) is 0 Å². The van der Waals surface area contributed by atoms with Crippen LogP contribution in [-0.4, -0.2) is 23.7 Å². The van der Waals surface area contributed by atoms with E-state index < -0.39 is 0 Å². The summed E-state index contributed by atoms with van der Waals surface area (Å²) in [4.78, 5) is 12.1. The largest absolute Gasteiger partial charge is 0.396 e. The van der Waals surface area contributed by atoms with E-state index >= 15 is 0 Å². The van der Waals surface area contributed by atoms with Gasteiger partial charge < -0.3 is 10.4 Å². The van der Waals surface area contributed by atoms with Crippen LogP contribution in [0.2, 0.25) is 0 Å². The zero-order valence-corrected chi connectivity index (χ0v) is 20.3. The maximum absolute atomic E-state index is 12.1. The van der Waals surface area contributed by atoms with Gasteiger partial charge in [-0.15, -0.1) is 0 Å². The van der Waals surface area contributed by atoms with Crippen molar-refractivity contribution in [1.82, 2.24) is 5.32 Å². The first-order chi connectivity index (χ1) is 14.2. The molecule has 1 heterocycles. The molecule has 4 fully saturated rings. The van der Waals surface area contributed by atoms with Gasteiger partial charge in [-0.05, 0) is 90.8 Å². The summed E-state index contributed by atoms with van der Waals surface area (Å²) in [5.74, 6) is 5.17. The molecule has 3 saturated carbocycles. The van der Waals surface area contributed by atoms with E-state index in [4.69, 9.17) is 0 Å². The number of aliphatic hydroxyl groups is 1. The monoisotopic (exact) mass is 417 g/mol. The van der Waals surface area contributed by atoms with Crippen LogP contribution in [0.4, 0.5) is 0 Å². The van der Waals surface area contributed by atoms with Gasteiger partial charge in [0, 0.05) is 19.1 Å². The molecule has 0 bridgehead atoms. The summed E-state index contributed by atoms with van der Waals surface area (Å²) in [7, 11) is 0. The lowest BCUT2D eigenvalue weighted by Crippen LogP contribution is -2.63. The van der Waals surface area contributed by atoms with Crippen LogP contribution in [-0.2, 0) is 4.79 Å². The molecule has 2 N–H and O–H groups in total. The van der Waals surface area contributed by atoms with Gasteiger partial charge >= 0.3 is 0 Å². The lowest BCUT2D eigenvalue weighted by atomic mass is 9.44. The summed E-state index contributed by atoms with van der Waals surface area (Å²) in [6, 6.07) is 0.272. The highest BCUT2D eigenvalue weighted by atomic mass is 16.3. The number of nitrogens with one attached hydrogen (secondary N) is 1. The molecule has 0 aromatic rings. The summed E-state index contributed by atoms with van der Waals surface area (Å²) in [6.45, 7) is 12.6. The summed E-state index contributed by atoms with van der Waals surface area (Å²) >= 11 is 0. The average molecular weight is 418 g/mol. The quantitative estimate of drug-likeness (QED) is 0.573. The van der Waals surface area contributed by atoms with Gasteiger partial charge in [0.2, 0.25) is 5.91 Å². The van der Waals surface area contributed by atoms with E-state index in [-0.39, 0.29) is 17.4 Å². The molecule has 4 rings (SSSR count). The van der Waals surface area contributed by atoms with Gasteiger partial charge in [-0.3, -0.25) is 4.79 Å². The summed E-state index contributed by atoms with van der Waals surface area (Å²) in [5, 5.41) is 13.7. The predicted octanol–water partition coefficient (Wildman–Crippen LogP) is 5.80. The van der Waals surface area contributed by atoms with Crippen molar-refractivity contribution in [2.45, 2.75) is 105 Å². The summed E-state index contributed by atoms with van der Waals surface area (Å²) in [6.07, 6.45) is 12.2. The Morgan fingerprint density at radius 3 is 2.47 bits per heavy atom. The minimum absolute atomic E-state index is 0.226. The molecule has 3 nitrogen and oxygen atoms in total. The minimum Gasteiger partial charge on any atom is -0.396 e. The second-order valence-electron chi connectivity index (χ2n) is 12.6. The Morgan fingerprint density at radius 1 is 1.03 bits per heavy atom. The number of fused-ring (bicyclic) bond motifs is 5. The fourth-order valence-corrected chi connectivity index (χ4v) is 9.06. The molecule has 1 saturated heterocycles. The third-order valence-electron chi connectivity index (χ3n) is 10.7. The maximum Gasteiger partial charge on any atom is 0.220 e. The Balaban J connectivity index is 1.54. The van der Waals surface area contributed by atoms with E-state index in [1.54, 1.807) is 0 Å². The standard InChI is InChI=1S/C27H47NO2/c1-17(2)7-6-8-18(3)20-9-10-21-25-19(16-29)15-23-27(5,14-12-24(30)28-23)22(25)11-13-26(20,21)4/h17-23,25,29H,6-16H2,1-5H3,(H,28,30)/t18-,19?,20-,21+,22+,23-,25+,26-,27-/m1/s1. The van der Waals surface area contributed by atoms with Crippen molar-refractivity contribution >= 4 is 5.91 Å². The van der Waals surface area contributed by atoms with E-state index in [0.29, 0.717) is 36.2 Å². The van der Waals surface area contributed by atoms with Crippen LogP contribution in [0.25, 0.3) is 0 Å². The molecule has 3 aliphatic carbocycles. The van der Waals surface area contributed by atoms with E-state index in [1.807, 2.05) is 0 Å². The van der Waals surface area contributed by atoms with Gasteiger partial charge in [-0.1, -0.05) is 53.9 Å². The molecule has 0 aromatic heterocycles. The topological polar surface area (TPSA) is 49.3 Å². The number of piperidine rings is 1. The highest BCUT2D eigenvalue weighted by molar-refractivity contribution is 5.77. The first kappa shape index (κ1) is 22.6. The molecule has 30 heavy (non-hydrogen) atoms. The second kappa shape index (κ2) is 8.41. The van der Waals surface area contributed by atoms with Crippen LogP contribution >= 0.6 is 0 Å². The zero-order chi connectivity index (χ0) is 21.7. The molecule has 4 aliphatic rings. The molecule has 1 unspecified atom stereocenters. The first-order valence-corrected chi connectivity index (χ1v) is 13.1. The van der Waals surface area contributed by atoms with Crippen LogP contribution in [0, 0.1) is 52.3 Å².